The van der Waals surface area contributed by atoms with Gasteiger partial charge in [0.2, 0.25) is 0 Å². The second kappa shape index (κ2) is 8.99. The third kappa shape index (κ3) is 4.19. The number of H-pyrrole nitrogens is 1. The van der Waals surface area contributed by atoms with Crippen LogP contribution >= 0.6 is 0 Å². The summed E-state index contributed by atoms with van der Waals surface area (Å²) in [5, 5.41) is 21.3. The highest BCUT2D eigenvalue weighted by Gasteiger charge is 2.18. The van der Waals surface area contributed by atoms with Crippen LogP contribution in [0.2, 0.25) is 0 Å². The smallest absolute Gasteiger partial charge is 0.291 e. The fourth-order valence-electron chi connectivity index (χ4n) is 2.98. The number of aryl methyl sites for hydroxylation is 1. The molecule has 0 saturated carbocycles. The van der Waals surface area contributed by atoms with Gasteiger partial charge in [-0.2, -0.15) is 0 Å². The molecule has 0 aliphatic rings. The number of nitrogens with one attached hydrogen (secondary N) is 4. The summed E-state index contributed by atoms with van der Waals surface area (Å²) in [4.78, 5) is 37.5. The van der Waals surface area contributed by atoms with Crippen LogP contribution in [0.1, 0.15) is 22.8 Å². The lowest BCUT2D eigenvalue weighted by Gasteiger charge is -2.16. The predicted octanol–water partition coefficient (Wildman–Crippen LogP) is 1.98. The van der Waals surface area contributed by atoms with Crippen LogP contribution in [0.3, 0.4) is 0 Å². The highest BCUT2D eigenvalue weighted by atomic mass is 16.3. The molecule has 9 nitrogen and oxygen atoms in total. The van der Waals surface area contributed by atoms with E-state index in [1.165, 1.54) is 19.2 Å². The molecule has 5 N–H and O–H groups in total. The van der Waals surface area contributed by atoms with Crippen molar-refractivity contribution in [3.63, 3.8) is 0 Å². The van der Waals surface area contributed by atoms with Crippen LogP contribution in [0.5, 0.6) is 5.75 Å². The first-order chi connectivity index (χ1) is 14.5. The van der Waals surface area contributed by atoms with Crippen LogP contribution in [0, 0.1) is 0 Å². The molecular weight excluding hydrogens is 386 g/mol. The molecule has 156 valence electrons. The third-order valence-electron chi connectivity index (χ3n) is 4.57. The Morgan fingerprint density at radius 2 is 1.80 bits per heavy atom. The zero-order chi connectivity index (χ0) is 21.7. The second-order valence-corrected chi connectivity index (χ2v) is 6.49. The summed E-state index contributed by atoms with van der Waals surface area (Å²) >= 11 is 0. The molecule has 3 rings (SSSR count). The van der Waals surface area contributed by atoms with Crippen LogP contribution in [0.4, 0.5) is 17.1 Å². The molecule has 1 amide bonds. The van der Waals surface area contributed by atoms with Gasteiger partial charge in [0, 0.05) is 20.1 Å². The van der Waals surface area contributed by atoms with E-state index >= 15 is 0 Å². The van der Waals surface area contributed by atoms with E-state index in [0.717, 1.165) is 10.2 Å². The summed E-state index contributed by atoms with van der Waals surface area (Å²) in [5.74, 6) is -0.802. The number of carbonyl (C=O) groups excluding carboxylic acids is 1. The molecule has 0 aliphatic carbocycles. The molecule has 3 aromatic rings. The zero-order valence-corrected chi connectivity index (χ0v) is 16.7. The van der Waals surface area contributed by atoms with E-state index in [2.05, 4.69) is 21.0 Å². The Kier molecular flexibility index (Phi) is 6.21. The number of aromatic nitrogens is 2. The first-order valence-corrected chi connectivity index (χ1v) is 9.42. The number of carbonyl (C=O) groups is 1. The minimum atomic E-state index is -0.489. The maximum Gasteiger partial charge on any atom is 0.291 e. The molecule has 0 unspecified atom stereocenters. The van der Waals surface area contributed by atoms with Crippen molar-refractivity contribution in [2.75, 3.05) is 17.7 Å². The quantitative estimate of drug-likeness (QED) is 0.380. The van der Waals surface area contributed by atoms with E-state index < -0.39 is 17.0 Å². The van der Waals surface area contributed by atoms with Crippen molar-refractivity contribution in [2.24, 2.45) is 0 Å². The molecule has 0 spiro atoms. The first-order valence-electron chi connectivity index (χ1n) is 9.42. The second-order valence-electron chi connectivity index (χ2n) is 6.49. The van der Waals surface area contributed by atoms with Crippen molar-refractivity contribution in [1.29, 1.82) is 0 Å². The number of aromatic amines is 1. The van der Waals surface area contributed by atoms with Crippen molar-refractivity contribution < 1.29 is 9.90 Å². The van der Waals surface area contributed by atoms with Gasteiger partial charge in [-0.25, -0.2) is 4.68 Å². The molecule has 9 heteroatoms. The molecule has 0 bridgehead atoms. The van der Waals surface area contributed by atoms with Crippen LogP contribution in [0.15, 0.2) is 58.1 Å². The van der Waals surface area contributed by atoms with Crippen molar-refractivity contribution in [3.8, 4) is 5.75 Å². The molecule has 0 atom stereocenters. The molecule has 1 heterocycles. The summed E-state index contributed by atoms with van der Waals surface area (Å²) in [6, 6.07) is 13.9. The van der Waals surface area contributed by atoms with Crippen LogP contribution in [-0.4, -0.2) is 27.8 Å². The Bertz CT molecular complexity index is 1170. The normalized spacial score (nSPS) is 10.5. The summed E-state index contributed by atoms with van der Waals surface area (Å²) < 4.78 is 1.16. The van der Waals surface area contributed by atoms with Gasteiger partial charge >= 0.3 is 0 Å². The number of hydrogen-bond donors (Lipinski definition) is 5. The molecule has 0 radical (unpaired) electrons. The number of rotatable bonds is 7. The minimum Gasteiger partial charge on any atom is -0.505 e. The van der Waals surface area contributed by atoms with E-state index in [-0.39, 0.29) is 34.9 Å². The van der Waals surface area contributed by atoms with Crippen molar-refractivity contribution in [1.82, 2.24) is 15.1 Å². The van der Waals surface area contributed by atoms with Gasteiger partial charge in [0.25, 0.3) is 17.0 Å². The SMILES string of the molecule is CCn1[nH]c(=O)c(NCc2ccccc2)c(Nc2cccc(C(=O)NC)c2O)c1=O. The Balaban J connectivity index is 2.05. The molecule has 1 aromatic heterocycles. The number of anilines is 3. The van der Waals surface area contributed by atoms with E-state index in [9.17, 15) is 19.5 Å². The minimum absolute atomic E-state index is 0.0270. The van der Waals surface area contributed by atoms with E-state index in [1.54, 1.807) is 13.0 Å². The van der Waals surface area contributed by atoms with E-state index in [0.29, 0.717) is 6.54 Å². The maximum absolute atomic E-state index is 12.9. The monoisotopic (exact) mass is 409 g/mol. The Labute approximate surface area is 172 Å². The van der Waals surface area contributed by atoms with Crippen molar-refractivity contribution >= 4 is 23.0 Å². The molecular formula is C21H23N5O4. The number of phenols is 1. The number of para-hydroxylation sites is 1. The van der Waals surface area contributed by atoms with Gasteiger partial charge in [-0.05, 0) is 24.6 Å². The fraction of sp³-hybridized carbons (Fsp3) is 0.190. The van der Waals surface area contributed by atoms with Gasteiger partial charge in [-0.3, -0.25) is 19.5 Å². The predicted molar refractivity (Wildman–Crippen MR) is 116 cm³/mol. The summed E-state index contributed by atoms with van der Waals surface area (Å²) in [6.07, 6.45) is 0. The molecule has 30 heavy (non-hydrogen) atoms. The van der Waals surface area contributed by atoms with Crippen molar-refractivity contribution in [2.45, 2.75) is 20.0 Å². The average molecular weight is 409 g/mol. The van der Waals surface area contributed by atoms with Gasteiger partial charge in [-0.1, -0.05) is 36.4 Å². The van der Waals surface area contributed by atoms with Gasteiger partial charge in [0.15, 0.2) is 5.75 Å². The molecule has 0 aliphatic heterocycles. The Morgan fingerprint density at radius 1 is 1.07 bits per heavy atom. The van der Waals surface area contributed by atoms with Gasteiger partial charge in [-0.15, -0.1) is 0 Å². The maximum atomic E-state index is 12.9. The average Bonchev–Trinajstić information content (AvgIpc) is 2.77. The van der Waals surface area contributed by atoms with Crippen LogP contribution < -0.4 is 27.1 Å². The highest BCUT2D eigenvalue weighted by molar-refractivity contribution is 5.99. The van der Waals surface area contributed by atoms with Gasteiger partial charge in [0.1, 0.15) is 11.4 Å². The highest BCUT2D eigenvalue weighted by Crippen LogP contribution is 2.30. The summed E-state index contributed by atoms with van der Waals surface area (Å²) in [7, 11) is 1.45. The Morgan fingerprint density at radius 3 is 2.47 bits per heavy atom. The number of phenolic OH excluding ortho intramolecular Hbond substituents is 1. The lowest BCUT2D eigenvalue weighted by molar-refractivity contribution is 0.0960. The van der Waals surface area contributed by atoms with E-state index in [1.807, 2.05) is 30.3 Å². The standard InChI is InChI=1S/C21H23N5O4/c1-3-26-21(30)17(24-15-11-7-10-14(18(15)27)19(28)22-2)16(20(29)25-26)23-12-13-8-5-4-6-9-13/h4-11,23-24,27H,3,12H2,1-2H3,(H,22,28)(H,25,29). The topological polar surface area (TPSA) is 128 Å². The van der Waals surface area contributed by atoms with Gasteiger partial charge in [0.05, 0.1) is 11.3 Å². The zero-order valence-electron chi connectivity index (χ0n) is 16.7. The number of amides is 1. The van der Waals surface area contributed by atoms with Crippen LogP contribution in [-0.2, 0) is 13.1 Å². The largest absolute Gasteiger partial charge is 0.505 e. The summed E-state index contributed by atoms with van der Waals surface area (Å²) in [5.41, 5.74) is 0.145. The number of nitrogens with zero attached hydrogens (tertiary/aromatic N) is 1. The number of aromatic hydroxyl groups is 1. The summed E-state index contributed by atoms with van der Waals surface area (Å²) in [6.45, 7) is 2.30. The van der Waals surface area contributed by atoms with Crippen molar-refractivity contribution in [3.05, 3.63) is 80.4 Å². The molecule has 0 fully saturated rings. The lowest BCUT2D eigenvalue weighted by atomic mass is 10.1. The first kappa shape index (κ1) is 20.7. The number of hydrogen-bond acceptors (Lipinski definition) is 6. The molecule has 0 saturated heterocycles. The van der Waals surface area contributed by atoms with E-state index in [4.69, 9.17) is 0 Å². The third-order valence-corrected chi connectivity index (χ3v) is 4.57. The fourth-order valence-corrected chi connectivity index (χ4v) is 2.98. The Hall–Kier alpha value is -4.01. The van der Waals surface area contributed by atoms with Crippen LogP contribution in [0.25, 0.3) is 0 Å². The molecule has 2 aromatic carbocycles. The van der Waals surface area contributed by atoms with Gasteiger partial charge < -0.3 is 21.1 Å². The lowest BCUT2D eigenvalue weighted by Crippen LogP contribution is -2.33. The number of benzene rings is 2.